The Balaban J connectivity index is 2.94. The van der Waals surface area contributed by atoms with Crippen LogP contribution in [-0.2, 0) is 0 Å². The van der Waals surface area contributed by atoms with E-state index in [2.05, 4.69) is 4.98 Å². The van der Waals surface area contributed by atoms with Crippen molar-refractivity contribution < 1.29 is 8.78 Å². The molecule has 0 saturated carbocycles. The van der Waals surface area contributed by atoms with E-state index in [1.807, 2.05) is 0 Å². The first-order valence-corrected chi connectivity index (χ1v) is 4.16. The van der Waals surface area contributed by atoms with Crippen LogP contribution in [0.5, 0.6) is 0 Å². The minimum absolute atomic E-state index is 0.105. The minimum Gasteiger partial charge on any atom is -0.397 e. The fourth-order valence-corrected chi connectivity index (χ4v) is 1.35. The third-order valence-corrected chi connectivity index (χ3v) is 2.22. The van der Waals surface area contributed by atoms with E-state index in [-0.39, 0.29) is 16.2 Å². The molecular formula is C9H5ClF2N2. The van der Waals surface area contributed by atoms with Crippen LogP contribution in [-0.4, -0.2) is 4.98 Å². The number of pyridine rings is 1. The predicted octanol–water partition coefficient (Wildman–Crippen LogP) is 2.75. The van der Waals surface area contributed by atoms with Crippen molar-refractivity contribution in [3.05, 3.63) is 35.0 Å². The van der Waals surface area contributed by atoms with E-state index in [0.717, 1.165) is 6.07 Å². The second kappa shape index (κ2) is 3.06. The molecule has 5 heteroatoms. The summed E-state index contributed by atoms with van der Waals surface area (Å²) < 4.78 is 26.0. The number of hydrogen-bond acceptors (Lipinski definition) is 2. The lowest BCUT2D eigenvalue weighted by molar-refractivity contribution is 0.515. The highest BCUT2D eigenvalue weighted by Gasteiger charge is 2.11. The molecule has 0 aliphatic heterocycles. The lowest BCUT2D eigenvalue weighted by atomic mass is 10.2. The second-order valence-corrected chi connectivity index (χ2v) is 3.18. The topological polar surface area (TPSA) is 38.9 Å². The Morgan fingerprint density at radius 3 is 2.71 bits per heavy atom. The number of halogens is 3. The van der Waals surface area contributed by atoms with Gasteiger partial charge >= 0.3 is 0 Å². The number of anilines is 1. The van der Waals surface area contributed by atoms with Crippen LogP contribution in [0.2, 0.25) is 5.02 Å². The van der Waals surface area contributed by atoms with Crippen molar-refractivity contribution in [3.8, 4) is 0 Å². The second-order valence-electron chi connectivity index (χ2n) is 2.78. The maximum Gasteiger partial charge on any atom is 0.185 e. The molecule has 0 atom stereocenters. The van der Waals surface area contributed by atoms with Crippen molar-refractivity contribution in [1.82, 2.24) is 4.98 Å². The molecule has 2 rings (SSSR count). The Bertz CT molecular complexity index is 466. The summed E-state index contributed by atoms with van der Waals surface area (Å²) in [7, 11) is 0. The van der Waals surface area contributed by atoms with Gasteiger partial charge in [0.05, 0.1) is 10.7 Å². The van der Waals surface area contributed by atoms with E-state index >= 15 is 0 Å². The maximum atomic E-state index is 13.2. The lowest BCUT2D eigenvalue weighted by Crippen LogP contribution is -1.94. The Morgan fingerprint density at radius 1 is 1.29 bits per heavy atom. The molecular weight excluding hydrogens is 210 g/mol. The number of nitrogens with two attached hydrogens (primary N) is 1. The lowest BCUT2D eigenvalue weighted by Gasteiger charge is -2.04. The summed E-state index contributed by atoms with van der Waals surface area (Å²) in [6.07, 6.45) is 1.20. The first-order chi connectivity index (χ1) is 6.61. The largest absolute Gasteiger partial charge is 0.397 e. The Morgan fingerprint density at radius 2 is 2.00 bits per heavy atom. The summed E-state index contributed by atoms with van der Waals surface area (Å²) in [5, 5.41) is 0.542. The number of nitrogens with zero attached hydrogens (tertiary/aromatic N) is 1. The van der Waals surface area contributed by atoms with Gasteiger partial charge in [-0.1, -0.05) is 11.6 Å². The van der Waals surface area contributed by atoms with Gasteiger partial charge < -0.3 is 5.73 Å². The molecule has 72 valence electrons. The first kappa shape index (κ1) is 9.15. The van der Waals surface area contributed by atoms with E-state index in [9.17, 15) is 8.78 Å². The normalized spacial score (nSPS) is 10.8. The zero-order valence-corrected chi connectivity index (χ0v) is 7.65. The van der Waals surface area contributed by atoms with E-state index in [4.69, 9.17) is 17.3 Å². The molecule has 0 aliphatic carbocycles. The highest BCUT2D eigenvalue weighted by Crippen LogP contribution is 2.28. The van der Waals surface area contributed by atoms with Gasteiger partial charge in [0.25, 0.3) is 0 Å². The Labute approximate surface area is 83.3 Å². The minimum atomic E-state index is -1.01. The third kappa shape index (κ3) is 1.19. The van der Waals surface area contributed by atoms with Gasteiger partial charge in [-0.25, -0.2) is 8.78 Å². The van der Waals surface area contributed by atoms with Crippen molar-refractivity contribution in [2.75, 3.05) is 5.73 Å². The van der Waals surface area contributed by atoms with Crippen molar-refractivity contribution in [2.24, 2.45) is 0 Å². The molecule has 0 bridgehead atoms. The van der Waals surface area contributed by atoms with Crippen LogP contribution in [0.4, 0.5) is 14.5 Å². The van der Waals surface area contributed by atoms with Gasteiger partial charge in [0.2, 0.25) is 0 Å². The number of rotatable bonds is 0. The SMILES string of the molecule is Nc1c(Cl)cnc2c(F)c(F)ccc12. The third-order valence-electron chi connectivity index (χ3n) is 1.92. The number of hydrogen-bond donors (Lipinski definition) is 1. The van der Waals surface area contributed by atoms with E-state index in [1.54, 1.807) is 0 Å². The van der Waals surface area contributed by atoms with Crippen LogP contribution in [0.3, 0.4) is 0 Å². The molecule has 0 aliphatic rings. The summed E-state index contributed by atoms with van der Waals surface area (Å²) in [6.45, 7) is 0. The van der Waals surface area contributed by atoms with Gasteiger partial charge in [0.15, 0.2) is 11.6 Å². The molecule has 2 nitrogen and oxygen atoms in total. The predicted molar refractivity (Wildman–Crippen MR) is 51.1 cm³/mol. The zero-order chi connectivity index (χ0) is 10.3. The van der Waals surface area contributed by atoms with Crippen LogP contribution in [0.15, 0.2) is 18.3 Å². The molecule has 0 radical (unpaired) electrons. The number of fused-ring (bicyclic) bond motifs is 1. The van der Waals surface area contributed by atoms with E-state index in [0.29, 0.717) is 5.39 Å². The summed E-state index contributed by atoms with van der Waals surface area (Å²) >= 11 is 5.68. The molecule has 1 heterocycles. The summed E-state index contributed by atoms with van der Waals surface area (Å²) in [6, 6.07) is 2.34. The van der Waals surface area contributed by atoms with Crippen molar-refractivity contribution >= 4 is 28.2 Å². The van der Waals surface area contributed by atoms with Crippen LogP contribution in [0, 0.1) is 11.6 Å². The summed E-state index contributed by atoms with van der Waals surface area (Å²) in [5.74, 6) is -1.96. The molecule has 0 saturated heterocycles. The Kier molecular flexibility index (Phi) is 2.00. The quantitative estimate of drug-likeness (QED) is 0.732. The molecule has 2 N–H and O–H groups in total. The number of aromatic nitrogens is 1. The summed E-state index contributed by atoms with van der Waals surface area (Å²) in [4.78, 5) is 3.68. The average molecular weight is 215 g/mol. The van der Waals surface area contributed by atoms with Gasteiger partial charge in [-0.15, -0.1) is 0 Å². The summed E-state index contributed by atoms with van der Waals surface area (Å²) in [5.41, 5.74) is 5.68. The van der Waals surface area contributed by atoms with Crippen molar-refractivity contribution in [2.45, 2.75) is 0 Å². The molecule has 2 aromatic rings. The van der Waals surface area contributed by atoms with Crippen LogP contribution >= 0.6 is 11.6 Å². The molecule has 0 fully saturated rings. The highest BCUT2D eigenvalue weighted by molar-refractivity contribution is 6.34. The number of benzene rings is 1. The van der Waals surface area contributed by atoms with Crippen molar-refractivity contribution in [3.63, 3.8) is 0 Å². The molecule has 14 heavy (non-hydrogen) atoms. The molecule has 1 aromatic heterocycles. The molecule has 0 spiro atoms. The first-order valence-electron chi connectivity index (χ1n) is 3.79. The van der Waals surface area contributed by atoms with E-state index < -0.39 is 11.6 Å². The zero-order valence-electron chi connectivity index (χ0n) is 6.89. The van der Waals surface area contributed by atoms with Gasteiger partial charge in [0, 0.05) is 11.6 Å². The monoisotopic (exact) mass is 214 g/mol. The van der Waals surface area contributed by atoms with Crippen LogP contribution in [0.25, 0.3) is 10.9 Å². The maximum absolute atomic E-state index is 13.2. The standard InChI is InChI=1S/C9H5ClF2N2/c10-5-3-14-9-4(8(5)13)1-2-6(11)7(9)12/h1-3H,(H2,13,14). The van der Waals surface area contributed by atoms with Gasteiger partial charge in [-0.2, -0.15) is 0 Å². The highest BCUT2D eigenvalue weighted by atomic mass is 35.5. The molecule has 0 unspecified atom stereocenters. The smallest absolute Gasteiger partial charge is 0.185 e. The average Bonchev–Trinajstić information content (AvgIpc) is 2.17. The van der Waals surface area contributed by atoms with Crippen LogP contribution in [0.1, 0.15) is 0 Å². The van der Waals surface area contributed by atoms with E-state index in [1.165, 1.54) is 12.3 Å². The van der Waals surface area contributed by atoms with Gasteiger partial charge in [-0.05, 0) is 12.1 Å². The Hall–Kier alpha value is -1.42. The molecule has 1 aromatic carbocycles. The fraction of sp³-hybridized carbons (Fsp3) is 0. The fourth-order valence-electron chi connectivity index (χ4n) is 1.20. The van der Waals surface area contributed by atoms with Crippen molar-refractivity contribution in [1.29, 1.82) is 0 Å². The van der Waals surface area contributed by atoms with Crippen LogP contribution < -0.4 is 5.73 Å². The van der Waals surface area contributed by atoms with Gasteiger partial charge in [0.1, 0.15) is 5.52 Å². The number of nitrogen functional groups attached to an aromatic ring is 1. The van der Waals surface area contributed by atoms with Gasteiger partial charge in [-0.3, -0.25) is 4.98 Å². The molecule has 0 amide bonds.